The first-order valence-corrected chi connectivity index (χ1v) is 5.82. The molecule has 0 radical (unpaired) electrons. The summed E-state index contributed by atoms with van der Waals surface area (Å²) in [6.07, 6.45) is 5.84. The summed E-state index contributed by atoms with van der Waals surface area (Å²) < 4.78 is 0. The van der Waals surface area contributed by atoms with E-state index in [1.54, 1.807) is 13.1 Å². The van der Waals surface area contributed by atoms with Crippen molar-refractivity contribution >= 4 is 11.9 Å². The number of hydrogen-bond donors (Lipinski definition) is 1. The van der Waals surface area contributed by atoms with E-state index in [-0.39, 0.29) is 6.03 Å². The van der Waals surface area contributed by atoms with E-state index in [0.29, 0.717) is 5.84 Å². The second-order valence-electron chi connectivity index (χ2n) is 4.21. The zero-order chi connectivity index (χ0) is 12.0. The van der Waals surface area contributed by atoms with Crippen molar-refractivity contribution in [3.63, 3.8) is 0 Å². The van der Waals surface area contributed by atoms with Gasteiger partial charge in [0.05, 0.1) is 0 Å². The summed E-state index contributed by atoms with van der Waals surface area (Å²) in [4.78, 5) is 17.7. The Labute approximate surface area is 97.4 Å². The van der Waals surface area contributed by atoms with Crippen molar-refractivity contribution in [1.82, 2.24) is 10.2 Å². The van der Waals surface area contributed by atoms with E-state index in [1.807, 2.05) is 17.9 Å². The number of hydrogen-bond acceptors (Lipinski definition) is 2. The minimum absolute atomic E-state index is 0.0365. The van der Waals surface area contributed by atoms with Crippen LogP contribution in [0.2, 0.25) is 0 Å². The molecule has 0 unspecified atom stereocenters. The van der Waals surface area contributed by atoms with E-state index in [0.717, 1.165) is 31.8 Å². The van der Waals surface area contributed by atoms with E-state index in [4.69, 9.17) is 0 Å². The maximum absolute atomic E-state index is 11.8. The number of nitrogens with one attached hydrogen (secondary N) is 1. The first-order chi connectivity index (χ1) is 7.67. The Bertz CT molecular complexity index is 289. The monoisotopic (exact) mass is 223 g/mol. The van der Waals surface area contributed by atoms with Crippen LogP contribution in [0, 0.1) is 5.92 Å². The van der Waals surface area contributed by atoms with Gasteiger partial charge in [-0.25, -0.2) is 4.79 Å². The van der Waals surface area contributed by atoms with Crippen molar-refractivity contribution < 1.29 is 4.79 Å². The topological polar surface area (TPSA) is 44.7 Å². The second-order valence-corrected chi connectivity index (χ2v) is 4.21. The molecule has 4 heteroatoms. The molecule has 2 amide bonds. The minimum Gasteiger partial charge on any atom is -0.324 e. The highest BCUT2D eigenvalue weighted by molar-refractivity contribution is 6.03. The van der Waals surface area contributed by atoms with Crippen molar-refractivity contribution in [3.8, 4) is 0 Å². The van der Waals surface area contributed by atoms with Crippen molar-refractivity contribution in [1.29, 1.82) is 0 Å². The molecule has 1 fully saturated rings. The highest BCUT2D eigenvalue weighted by Crippen LogP contribution is 2.15. The molecule has 0 aromatic carbocycles. The van der Waals surface area contributed by atoms with Crippen LogP contribution < -0.4 is 5.32 Å². The molecule has 16 heavy (non-hydrogen) atoms. The van der Waals surface area contributed by atoms with Gasteiger partial charge < -0.3 is 4.90 Å². The Balaban J connectivity index is 2.46. The van der Waals surface area contributed by atoms with Crippen LogP contribution in [0.3, 0.4) is 0 Å². The SMILES string of the molecule is C/C=C\C(=N/C)NC(=O)N1CCC(C)CC1. The normalized spacial score (nSPS) is 19.2. The van der Waals surface area contributed by atoms with Crippen LogP contribution in [-0.2, 0) is 0 Å². The summed E-state index contributed by atoms with van der Waals surface area (Å²) in [5.41, 5.74) is 0. The Morgan fingerprint density at radius 3 is 2.56 bits per heavy atom. The molecule has 90 valence electrons. The highest BCUT2D eigenvalue weighted by atomic mass is 16.2. The van der Waals surface area contributed by atoms with Gasteiger partial charge in [-0.2, -0.15) is 0 Å². The van der Waals surface area contributed by atoms with E-state index < -0.39 is 0 Å². The van der Waals surface area contributed by atoms with Crippen LogP contribution in [-0.4, -0.2) is 36.9 Å². The third-order valence-electron chi connectivity index (χ3n) is 2.87. The highest BCUT2D eigenvalue weighted by Gasteiger charge is 2.20. The number of amides is 2. The third-order valence-corrected chi connectivity index (χ3v) is 2.87. The van der Waals surface area contributed by atoms with Crippen molar-refractivity contribution in [3.05, 3.63) is 12.2 Å². The summed E-state index contributed by atoms with van der Waals surface area (Å²) in [5.74, 6) is 1.35. The molecule has 0 atom stereocenters. The summed E-state index contributed by atoms with van der Waals surface area (Å²) in [5, 5.41) is 2.80. The van der Waals surface area contributed by atoms with Crippen molar-refractivity contribution in [2.45, 2.75) is 26.7 Å². The molecule has 1 heterocycles. The predicted molar refractivity (Wildman–Crippen MR) is 66.7 cm³/mol. The minimum atomic E-state index is -0.0365. The smallest absolute Gasteiger partial charge is 0.322 e. The number of likely N-dealkylation sites (tertiary alicyclic amines) is 1. The molecule has 0 saturated carbocycles. The maximum atomic E-state index is 11.8. The van der Waals surface area contributed by atoms with Crippen LogP contribution >= 0.6 is 0 Å². The van der Waals surface area contributed by atoms with Crippen LogP contribution in [0.15, 0.2) is 17.1 Å². The lowest BCUT2D eigenvalue weighted by molar-refractivity contribution is 0.178. The average molecular weight is 223 g/mol. The molecule has 1 aliphatic rings. The molecular formula is C12H21N3O. The summed E-state index contributed by atoms with van der Waals surface area (Å²) in [6, 6.07) is -0.0365. The summed E-state index contributed by atoms with van der Waals surface area (Å²) in [6.45, 7) is 5.83. The fraction of sp³-hybridized carbons (Fsp3) is 0.667. The number of nitrogens with zero attached hydrogens (tertiary/aromatic N) is 2. The molecule has 0 aliphatic carbocycles. The fourth-order valence-corrected chi connectivity index (χ4v) is 1.73. The fourth-order valence-electron chi connectivity index (χ4n) is 1.73. The first-order valence-electron chi connectivity index (χ1n) is 5.82. The van der Waals surface area contributed by atoms with Crippen molar-refractivity contribution in [2.24, 2.45) is 10.9 Å². The Morgan fingerprint density at radius 1 is 1.44 bits per heavy atom. The molecule has 0 bridgehead atoms. The number of carbonyl (C=O) groups excluding carboxylic acids is 1. The maximum Gasteiger partial charge on any atom is 0.322 e. The molecule has 0 aromatic heterocycles. The van der Waals surface area contributed by atoms with Crippen LogP contribution in [0.4, 0.5) is 4.79 Å². The first kappa shape index (κ1) is 12.7. The quantitative estimate of drug-likeness (QED) is 0.536. The van der Waals surface area contributed by atoms with Gasteiger partial charge in [0.1, 0.15) is 5.84 Å². The second kappa shape index (κ2) is 6.30. The zero-order valence-electron chi connectivity index (χ0n) is 10.4. The van der Waals surface area contributed by atoms with Gasteiger partial charge in [0.15, 0.2) is 0 Å². The standard InChI is InChI=1S/C12H21N3O/c1-4-5-11(13-3)14-12(16)15-8-6-10(2)7-9-15/h4-5,10H,6-9H2,1-3H3,(H,13,14,16)/b5-4-. The molecule has 1 rings (SSSR count). The van der Waals surface area contributed by atoms with Gasteiger partial charge in [-0.3, -0.25) is 10.3 Å². The lowest BCUT2D eigenvalue weighted by atomic mass is 10.00. The molecule has 1 aliphatic heterocycles. The average Bonchev–Trinajstić information content (AvgIpc) is 2.29. The molecular weight excluding hydrogens is 202 g/mol. The molecule has 1 saturated heterocycles. The van der Waals surface area contributed by atoms with Crippen LogP contribution in [0.25, 0.3) is 0 Å². The number of carbonyl (C=O) groups is 1. The van der Waals surface area contributed by atoms with Gasteiger partial charge in [-0.15, -0.1) is 0 Å². The van der Waals surface area contributed by atoms with E-state index in [9.17, 15) is 4.79 Å². The number of allylic oxidation sites excluding steroid dienone is 1. The Hall–Kier alpha value is -1.32. The van der Waals surface area contributed by atoms with E-state index in [2.05, 4.69) is 17.2 Å². The number of amidine groups is 1. The molecule has 4 nitrogen and oxygen atoms in total. The van der Waals surface area contributed by atoms with Gasteiger partial charge in [0.2, 0.25) is 0 Å². The molecule has 0 spiro atoms. The largest absolute Gasteiger partial charge is 0.324 e. The molecule has 1 N–H and O–H groups in total. The number of rotatable bonds is 1. The Morgan fingerprint density at radius 2 is 2.06 bits per heavy atom. The van der Waals surface area contributed by atoms with Gasteiger partial charge >= 0.3 is 6.03 Å². The van der Waals surface area contributed by atoms with Gasteiger partial charge in [-0.1, -0.05) is 13.0 Å². The van der Waals surface area contributed by atoms with Gasteiger partial charge in [0.25, 0.3) is 0 Å². The summed E-state index contributed by atoms with van der Waals surface area (Å²) in [7, 11) is 1.67. The third kappa shape index (κ3) is 3.68. The lowest BCUT2D eigenvalue weighted by Crippen LogP contribution is -2.45. The van der Waals surface area contributed by atoms with Gasteiger partial charge in [-0.05, 0) is 31.8 Å². The Kier molecular flexibility index (Phi) is 5.02. The van der Waals surface area contributed by atoms with Crippen LogP contribution in [0.5, 0.6) is 0 Å². The van der Waals surface area contributed by atoms with E-state index in [1.165, 1.54) is 0 Å². The number of urea groups is 1. The van der Waals surface area contributed by atoms with E-state index >= 15 is 0 Å². The number of aliphatic imine (C=N–C) groups is 1. The predicted octanol–water partition coefficient (Wildman–Crippen LogP) is 2.03. The van der Waals surface area contributed by atoms with Crippen LogP contribution in [0.1, 0.15) is 26.7 Å². The molecule has 0 aromatic rings. The zero-order valence-corrected chi connectivity index (χ0v) is 10.4. The van der Waals surface area contributed by atoms with Crippen molar-refractivity contribution in [2.75, 3.05) is 20.1 Å². The van der Waals surface area contributed by atoms with Gasteiger partial charge in [0, 0.05) is 20.1 Å². The lowest BCUT2D eigenvalue weighted by Gasteiger charge is -2.30. The number of piperidine rings is 1. The summed E-state index contributed by atoms with van der Waals surface area (Å²) >= 11 is 0.